The predicted molar refractivity (Wildman–Crippen MR) is 115 cm³/mol. The molecule has 1 aromatic heterocycles. The Balaban J connectivity index is 1.69. The zero-order valence-corrected chi connectivity index (χ0v) is 18.2. The van der Waals surface area contributed by atoms with Gasteiger partial charge in [0.25, 0.3) is 0 Å². The molecule has 1 unspecified atom stereocenters. The van der Waals surface area contributed by atoms with E-state index in [-0.39, 0.29) is 17.2 Å². The molecule has 0 spiro atoms. The number of hydrogen-bond donors (Lipinski definition) is 1. The van der Waals surface area contributed by atoms with Crippen LogP contribution in [-0.4, -0.2) is 39.1 Å². The molecule has 1 aromatic carbocycles. The van der Waals surface area contributed by atoms with E-state index >= 15 is 0 Å². The number of amides is 2. The number of hydrogen-bond acceptors (Lipinski definition) is 3. The van der Waals surface area contributed by atoms with Gasteiger partial charge in [0, 0.05) is 24.3 Å². The number of rotatable bonds is 4. The predicted octanol–water partition coefficient (Wildman–Crippen LogP) is 4.24. The Labute approximate surface area is 173 Å². The Morgan fingerprint density at radius 3 is 2.41 bits per heavy atom. The van der Waals surface area contributed by atoms with E-state index in [1.54, 1.807) is 4.90 Å². The topological polar surface area (TPSA) is 67.2 Å². The number of aryl methyl sites for hydroxylation is 2. The normalized spacial score (nSPS) is 17.3. The summed E-state index contributed by atoms with van der Waals surface area (Å²) in [5.74, 6) is -0.0388. The number of aromatic nitrogens is 2. The van der Waals surface area contributed by atoms with E-state index < -0.39 is 6.04 Å². The van der Waals surface area contributed by atoms with Crippen LogP contribution < -0.4 is 5.32 Å². The second-order valence-corrected chi connectivity index (χ2v) is 9.21. The number of benzene rings is 1. The van der Waals surface area contributed by atoms with Gasteiger partial charge in [-0.05, 0) is 68.9 Å². The highest BCUT2D eigenvalue weighted by molar-refractivity contribution is 5.97. The minimum absolute atomic E-state index is 0.0669. The maximum absolute atomic E-state index is 12.9. The highest BCUT2D eigenvalue weighted by atomic mass is 16.2. The molecule has 1 aliphatic heterocycles. The minimum Gasteiger partial charge on any atom is -0.331 e. The van der Waals surface area contributed by atoms with E-state index in [4.69, 9.17) is 0 Å². The third-order valence-electron chi connectivity index (χ3n) is 5.20. The number of likely N-dealkylation sites (tertiary alicyclic amines) is 1. The second-order valence-electron chi connectivity index (χ2n) is 9.21. The monoisotopic (exact) mass is 396 g/mol. The van der Waals surface area contributed by atoms with Crippen LogP contribution in [0.3, 0.4) is 0 Å². The Kier molecular flexibility index (Phi) is 6.10. The Morgan fingerprint density at radius 2 is 1.83 bits per heavy atom. The number of carbonyl (C=O) groups is 2. The molecule has 2 heterocycles. The highest BCUT2D eigenvalue weighted by Gasteiger charge is 2.33. The van der Waals surface area contributed by atoms with Crippen molar-refractivity contribution in [1.82, 2.24) is 14.7 Å². The molecular formula is C23H32N4O2. The van der Waals surface area contributed by atoms with Crippen molar-refractivity contribution >= 4 is 17.5 Å². The average Bonchev–Trinajstić information content (AvgIpc) is 2.99. The van der Waals surface area contributed by atoms with Crippen LogP contribution in [0, 0.1) is 19.3 Å². The molecule has 6 heteroatoms. The van der Waals surface area contributed by atoms with Crippen LogP contribution in [0.15, 0.2) is 30.3 Å². The Morgan fingerprint density at radius 1 is 1.14 bits per heavy atom. The van der Waals surface area contributed by atoms with E-state index in [0.717, 1.165) is 35.6 Å². The molecule has 1 atom stereocenters. The lowest BCUT2D eigenvalue weighted by atomic mass is 9.90. The summed E-state index contributed by atoms with van der Waals surface area (Å²) in [6, 6.07) is 9.29. The Bertz CT molecular complexity index is 877. The zero-order valence-electron chi connectivity index (χ0n) is 18.2. The molecule has 1 saturated heterocycles. The van der Waals surface area contributed by atoms with Crippen LogP contribution in [0.2, 0.25) is 0 Å². The molecule has 29 heavy (non-hydrogen) atoms. The van der Waals surface area contributed by atoms with Gasteiger partial charge < -0.3 is 10.2 Å². The fourth-order valence-corrected chi connectivity index (χ4v) is 3.86. The largest absolute Gasteiger partial charge is 0.331 e. The number of piperidine rings is 1. The summed E-state index contributed by atoms with van der Waals surface area (Å²) in [7, 11) is 0. The average molecular weight is 397 g/mol. The lowest BCUT2D eigenvalue weighted by Crippen LogP contribution is -2.50. The van der Waals surface area contributed by atoms with Crippen molar-refractivity contribution in [2.45, 2.75) is 66.3 Å². The van der Waals surface area contributed by atoms with Gasteiger partial charge in [-0.1, -0.05) is 20.8 Å². The third kappa shape index (κ3) is 5.25. The van der Waals surface area contributed by atoms with Gasteiger partial charge in [-0.25, -0.2) is 4.68 Å². The van der Waals surface area contributed by atoms with Crippen LogP contribution in [0.25, 0.3) is 5.69 Å². The molecule has 0 saturated carbocycles. The molecule has 0 radical (unpaired) electrons. The molecule has 0 bridgehead atoms. The first kappa shape index (κ1) is 21.1. The maximum Gasteiger partial charge on any atom is 0.247 e. The summed E-state index contributed by atoms with van der Waals surface area (Å²) in [6.07, 6.45) is 3.09. The third-order valence-corrected chi connectivity index (χ3v) is 5.20. The summed E-state index contributed by atoms with van der Waals surface area (Å²) >= 11 is 0. The highest BCUT2D eigenvalue weighted by Crippen LogP contribution is 2.25. The van der Waals surface area contributed by atoms with Gasteiger partial charge >= 0.3 is 0 Å². The molecule has 2 amide bonds. The number of nitrogens with one attached hydrogen (secondary N) is 1. The zero-order chi connectivity index (χ0) is 21.2. The molecule has 1 aliphatic rings. The Hall–Kier alpha value is -2.63. The number of nitrogens with zero attached hydrogens (tertiary/aromatic N) is 3. The lowest BCUT2D eigenvalue weighted by molar-refractivity contribution is -0.141. The van der Waals surface area contributed by atoms with Crippen LogP contribution in [0.1, 0.15) is 57.8 Å². The summed E-state index contributed by atoms with van der Waals surface area (Å²) in [5.41, 5.74) is 3.63. The quantitative estimate of drug-likeness (QED) is 0.840. The summed E-state index contributed by atoms with van der Waals surface area (Å²) in [4.78, 5) is 27.5. The SMILES string of the molecule is Cc1cc(C)n(-c2ccc(NC(=O)C3CCCCN3C(=O)CC(C)(C)C)cc2)n1. The standard InChI is InChI=1S/C23H32N4O2/c1-16-14-17(2)27(25-16)19-11-9-18(10-12-19)24-22(29)20-8-6-7-13-26(20)21(28)15-23(3,4)5/h9-12,14,20H,6-8,13,15H2,1-5H3,(H,24,29). The molecule has 1 N–H and O–H groups in total. The van der Waals surface area contributed by atoms with E-state index in [9.17, 15) is 9.59 Å². The van der Waals surface area contributed by atoms with Crippen molar-refractivity contribution in [2.75, 3.05) is 11.9 Å². The molecule has 0 aliphatic carbocycles. The fraction of sp³-hybridized carbons (Fsp3) is 0.522. The molecule has 1 fully saturated rings. The van der Waals surface area contributed by atoms with Gasteiger partial charge in [-0.3, -0.25) is 9.59 Å². The van der Waals surface area contributed by atoms with Gasteiger partial charge in [0.05, 0.1) is 11.4 Å². The van der Waals surface area contributed by atoms with Crippen LogP contribution in [0.5, 0.6) is 0 Å². The number of anilines is 1. The van der Waals surface area contributed by atoms with Gasteiger partial charge in [0.1, 0.15) is 6.04 Å². The van der Waals surface area contributed by atoms with Gasteiger partial charge in [-0.2, -0.15) is 5.10 Å². The first-order valence-electron chi connectivity index (χ1n) is 10.4. The summed E-state index contributed by atoms with van der Waals surface area (Å²) in [6.45, 7) is 10.8. The maximum atomic E-state index is 12.9. The lowest BCUT2D eigenvalue weighted by Gasteiger charge is -2.36. The van der Waals surface area contributed by atoms with E-state index in [0.29, 0.717) is 19.4 Å². The van der Waals surface area contributed by atoms with Crippen LogP contribution in [0.4, 0.5) is 5.69 Å². The van der Waals surface area contributed by atoms with Crippen LogP contribution >= 0.6 is 0 Å². The number of carbonyl (C=O) groups excluding carboxylic acids is 2. The fourth-order valence-electron chi connectivity index (χ4n) is 3.86. The molecular weight excluding hydrogens is 364 g/mol. The second kappa shape index (κ2) is 8.39. The van der Waals surface area contributed by atoms with E-state index in [1.165, 1.54) is 0 Å². The minimum atomic E-state index is -0.394. The first-order valence-corrected chi connectivity index (χ1v) is 10.4. The molecule has 3 rings (SSSR count). The van der Waals surface area contributed by atoms with Gasteiger partial charge in [-0.15, -0.1) is 0 Å². The van der Waals surface area contributed by atoms with Crippen molar-refractivity contribution < 1.29 is 9.59 Å². The van der Waals surface area contributed by atoms with Crippen molar-refractivity contribution in [3.8, 4) is 5.69 Å². The van der Waals surface area contributed by atoms with Gasteiger partial charge in [0.2, 0.25) is 11.8 Å². The summed E-state index contributed by atoms with van der Waals surface area (Å²) < 4.78 is 1.88. The van der Waals surface area contributed by atoms with Crippen molar-refractivity contribution in [3.63, 3.8) is 0 Å². The van der Waals surface area contributed by atoms with Crippen molar-refractivity contribution in [2.24, 2.45) is 5.41 Å². The molecule has 2 aromatic rings. The first-order chi connectivity index (χ1) is 13.6. The van der Waals surface area contributed by atoms with E-state index in [2.05, 4.69) is 10.4 Å². The van der Waals surface area contributed by atoms with Crippen molar-refractivity contribution in [1.29, 1.82) is 0 Å². The summed E-state index contributed by atoms with van der Waals surface area (Å²) in [5, 5.41) is 7.48. The van der Waals surface area contributed by atoms with E-state index in [1.807, 2.05) is 69.6 Å². The van der Waals surface area contributed by atoms with Crippen molar-refractivity contribution in [3.05, 3.63) is 41.7 Å². The molecule has 6 nitrogen and oxygen atoms in total. The molecule has 156 valence electrons. The van der Waals surface area contributed by atoms with Crippen LogP contribution in [-0.2, 0) is 9.59 Å². The van der Waals surface area contributed by atoms with Gasteiger partial charge in [0.15, 0.2) is 0 Å². The smallest absolute Gasteiger partial charge is 0.247 e.